The molecule has 5 N–H and O–H groups in total. The van der Waals surface area contributed by atoms with Gasteiger partial charge < -0.3 is 16.4 Å². The predicted molar refractivity (Wildman–Crippen MR) is 104 cm³/mol. The highest BCUT2D eigenvalue weighted by Crippen LogP contribution is 2.24. The molecule has 1 aromatic rings. The number of anilines is 1. The lowest BCUT2D eigenvalue weighted by Gasteiger charge is -2.28. The van der Waals surface area contributed by atoms with E-state index < -0.39 is 21.3 Å². The van der Waals surface area contributed by atoms with Gasteiger partial charge in [-0.15, -0.1) is 12.4 Å². The molecule has 8 nitrogen and oxygen atoms in total. The van der Waals surface area contributed by atoms with Crippen LogP contribution in [-0.4, -0.2) is 40.4 Å². The number of amides is 2. The van der Waals surface area contributed by atoms with E-state index in [4.69, 9.17) is 5.73 Å². The van der Waals surface area contributed by atoms with Crippen molar-refractivity contribution in [2.24, 2.45) is 11.1 Å². The normalized spacial score (nSPS) is 11.4. The Kier molecular flexibility index (Phi) is 9.79. The van der Waals surface area contributed by atoms with Crippen LogP contribution in [0.15, 0.2) is 29.2 Å². The molecule has 1 aromatic carbocycles. The number of nitrogens with two attached hydrogens (primary N) is 1. The average Bonchev–Trinajstić information content (AvgIpc) is 2.62. The van der Waals surface area contributed by atoms with Crippen molar-refractivity contribution >= 4 is 39.9 Å². The molecule has 0 saturated carbocycles. The highest BCUT2D eigenvalue weighted by atomic mass is 35.5. The summed E-state index contributed by atoms with van der Waals surface area (Å²) < 4.78 is 25.7. The molecule has 148 valence electrons. The van der Waals surface area contributed by atoms with E-state index in [1.54, 1.807) is 6.07 Å². The van der Waals surface area contributed by atoms with E-state index in [0.717, 1.165) is 0 Å². The fourth-order valence-corrected chi connectivity index (χ4v) is 3.14. The van der Waals surface area contributed by atoms with Gasteiger partial charge in [-0.2, -0.15) is 0 Å². The predicted octanol–water partition coefficient (Wildman–Crippen LogP) is 0.836. The Morgan fingerprint density at radius 2 is 1.81 bits per heavy atom. The quantitative estimate of drug-likeness (QED) is 0.482. The van der Waals surface area contributed by atoms with Crippen LogP contribution in [0.2, 0.25) is 0 Å². The maximum absolute atomic E-state index is 12.3. The van der Waals surface area contributed by atoms with E-state index in [0.29, 0.717) is 18.5 Å². The van der Waals surface area contributed by atoms with Crippen molar-refractivity contribution in [1.82, 2.24) is 10.0 Å². The van der Waals surface area contributed by atoms with Crippen LogP contribution in [0.25, 0.3) is 0 Å². The molecular formula is C16H27ClN4O4S. The second-order valence-corrected chi connectivity index (χ2v) is 7.54. The SMILES string of the molecule is CCC(CC)(CN)C(=O)NCC(=O)Nc1cccc(S(=O)(=O)NC)c1.Cl. The van der Waals surface area contributed by atoms with Crippen molar-refractivity contribution in [2.45, 2.75) is 31.6 Å². The molecule has 0 heterocycles. The minimum atomic E-state index is -3.60. The number of carbonyl (C=O) groups is 2. The molecule has 0 aliphatic rings. The molecule has 0 atom stereocenters. The summed E-state index contributed by atoms with van der Waals surface area (Å²) in [6.07, 6.45) is 1.16. The van der Waals surface area contributed by atoms with Crippen LogP contribution in [0.5, 0.6) is 0 Å². The lowest BCUT2D eigenvalue weighted by atomic mass is 9.81. The molecule has 10 heteroatoms. The molecule has 0 aromatic heterocycles. The molecule has 1 rings (SSSR count). The molecule has 0 spiro atoms. The van der Waals surface area contributed by atoms with Gasteiger partial charge in [0.2, 0.25) is 21.8 Å². The van der Waals surface area contributed by atoms with Gasteiger partial charge >= 0.3 is 0 Å². The van der Waals surface area contributed by atoms with Crippen molar-refractivity contribution in [3.63, 3.8) is 0 Å². The van der Waals surface area contributed by atoms with Gasteiger partial charge in [0.05, 0.1) is 16.9 Å². The second-order valence-electron chi connectivity index (χ2n) is 5.66. The van der Waals surface area contributed by atoms with E-state index in [1.807, 2.05) is 13.8 Å². The summed E-state index contributed by atoms with van der Waals surface area (Å²) in [6.45, 7) is 3.74. The molecule has 2 amide bonds. The van der Waals surface area contributed by atoms with Gasteiger partial charge in [0.15, 0.2) is 0 Å². The number of carbonyl (C=O) groups excluding carboxylic acids is 2. The number of nitrogens with one attached hydrogen (secondary N) is 3. The zero-order chi connectivity index (χ0) is 19.1. The standard InChI is InChI=1S/C16H26N4O4S.ClH/c1-4-16(5-2,11-17)15(22)19-10-14(21)20-12-7-6-8-13(9-12)25(23,24)18-3;/h6-9,18H,4-5,10-11,17H2,1-3H3,(H,19,22)(H,20,21);1H. The summed E-state index contributed by atoms with van der Waals surface area (Å²) in [5, 5.41) is 5.15. The van der Waals surface area contributed by atoms with E-state index in [9.17, 15) is 18.0 Å². The van der Waals surface area contributed by atoms with Crippen molar-refractivity contribution in [3.05, 3.63) is 24.3 Å². The summed E-state index contributed by atoms with van der Waals surface area (Å²) in [4.78, 5) is 24.3. The smallest absolute Gasteiger partial charge is 0.243 e. The molecule has 0 radical (unpaired) electrons. The van der Waals surface area contributed by atoms with Gasteiger partial charge in [-0.1, -0.05) is 19.9 Å². The van der Waals surface area contributed by atoms with Gasteiger partial charge in [-0.3, -0.25) is 9.59 Å². The number of halogens is 1. The van der Waals surface area contributed by atoms with Crippen molar-refractivity contribution in [2.75, 3.05) is 25.5 Å². The molecule has 0 saturated heterocycles. The lowest BCUT2D eigenvalue weighted by molar-refractivity contribution is -0.132. The maximum atomic E-state index is 12.3. The largest absolute Gasteiger partial charge is 0.347 e. The highest BCUT2D eigenvalue weighted by molar-refractivity contribution is 7.89. The molecule has 26 heavy (non-hydrogen) atoms. The van der Waals surface area contributed by atoms with Gasteiger partial charge in [0, 0.05) is 12.2 Å². The zero-order valence-corrected chi connectivity index (χ0v) is 16.8. The summed E-state index contributed by atoms with van der Waals surface area (Å²) >= 11 is 0. The molecule has 0 bridgehead atoms. The Bertz CT molecular complexity index is 712. The molecule has 0 aliphatic heterocycles. The molecule has 0 fully saturated rings. The Hall–Kier alpha value is -1.68. The van der Waals surface area contributed by atoms with Crippen LogP contribution >= 0.6 is 12.4 Å². The third-order valence-corrected chi connectivity index (χ3v) is 5.74. The number of hydrogen-bond acceptors (Lipinski definition) is 5. The Labute approximate surface area is 160 Å². The summed E-state index contributed by atoms with van der Waals surface area (Å²) in [5.41, 5.74) is 5.35. The Morgan fingerprint density at radius 1 is 1.19 bits per heavy atom. The third kappa shape index (κ3) is 5.94. The summed E-state index contributed by atoms with van der Waals surface area (Å²) in [6, 6.07) is 5.85. The molecular weight excluding hydrogens is 380 g/mol. The van der Waals surface area contributed by atoms with Gasteiger partial charge in [0.1, 0.15) is 0 Å². The highest BCUT2D eigenvalue weighted by Gasteiger charge is 2.33. The lowest BCUT2D eigenvalue weighted by Crippen LogP contribution is -2.47. The van der Waals surface area contributed by atoms with Crippen molar-refractivity contribution in [1.29, 1.82) is 0 Å². The summed E-state index contributed by atoms with van der Waals surface area (Å²) in [7, 11) is -2.29. The van der Waals surface area contributed by atoms with Crippen molar-refractivity contribution in [3.8, 4) is 0 Å². The van der Waals surface area contributed by atoms with Crippen LogP contribution in [0.4, 0.5) is 5.69 Å². The monoisotopic (exact) mass is 406 g/mol. The number of benzene rings is 1. The van der Waals surface area contributed by atoms with E-state index in [-0.39, 0.29) is 36.3 Å². The zero-order valence-electron chi connectivity index (χ0n) is 15.2. The molecule has 0 aliphatic carbocycles. The molecule has 0 unspecified atom stereocenters. The van der Waals surface area contributed by atoms with Gasteiger partial charge in [-0.25, -0.2) is 13.1 Å². The number of hydrogen-bond donors (Lipinski definition) is 4. The number of rotatable bonds is 9. The first-order chi connectivity index (χ1) is 11.7. The maximum Gasteiger partial charge on any atom is 0.243 e. The van der Waals surface area contributed by atoms with E-state index >= 15 is 0 Å². The number of sulfonamides is 1. The van der Waals surface area contributed by atoms with Crippen LogP contribution in [-0.2, 0) is 19.6 Å². The van der Waals surface area contributed by atoms with E-state index in [1.165, 1.54) is 25.2 Å². The minimum Gasteiger partial charge on any atom is -0.347 e. The summed E-state index contributed by atoms with van der Waals surface area (Å²) in [5.74, 6) is -0.716. The fourth-order valence-electron chi connectivity index (χ4n) is 2.36. The topological polar surface area (TPSA) is 130 Å². The fraction of sp³-hybridized carbons (Fsp3) is 0.500. The van der Waals surface area contributed by atoms with Gasteiger partial charge in [0.25, 0.3) is 0 Å². The minimum absolute atomic E-state index is 0. The first-order valence-corrected chi connectivity index (χ1v) is 9.54. The Morgan fingerprint density at radius 3 is 2.31 bits per heavy atom. The first kappa shape index (κ1) is 24.3. The third-order valence-electron chi connectivity index (χ3n) is 4.33. The van der Waals surface area contributed by atoms with Crippen LogP contribution in [0, 0.1) is 5.41 Å². The van der Waals surface area contributed by atoms with Crippen LogP contribution < -0.4 is 21.1 Å². The Balaban J connectivity index is 0.00000625. The van der Waals surface area contributed by atoms with Gasteiger partial charge in [-0.05, 0) is 38.1 Å². The first-order valence-electron chi connectivity index (χ1n) is 8.06. The van der Waals surface area contributed by atoms with Crippen molar-refractivity contribution < 1.29 is 18.0 Å². The van der Waals surface area contributed by atoms with Crippen LogP contribution in [0.1, 0.15) is 26.7 Å². The van der Waals surface area contributed by atoms with E-state index in [2.05, 4.69) is 15.4 Å². The van der Waals surface area contributed by atoms with Crippen LogP contribution in [0.3, 0.4) is 0 Å². The average molecular weight is 407 g/mol. The second kappa shape index (κ2) is 10.5.